The molecule has 3 heterocycles. The van der Waals surface area contributed by atoms with E-state index in [-0.39, 0.29) is 5.91 Å². The van der Waals surface area contributed by atoms with Crippen molar-refractivity contribution in [1.29, 1.82) is 0 Å². The zero-order valence-electron chi connectivity index (χ0n) is 14.2. The summed E-state index contributed by atoms with van der Waals surface area (Å²) in [7, 11) is 1.62. The highest BCUT2D eigenvalue weighted by Crippen LogP contribution is 2.30. The van der Waals surface area contributed by atoms with Crippen LogP contribution < -0.4 is 4.74 Å². The highest BCUT2D eigenvalue weighted by Gasteiger charge is 2.25. The lowest BCUT2D eigenvalue weighted by atomic mass is 9.93. The lowest BCUT2D eigenvalue weighted by Crippen LogP contribution is -2.38. The highest BCUT2D eigenvalue weighted by atomic mass is 16.5. The van der Waals surface area contributed by atoms with Crippen LogP contribution >= 0.6 is 0 Å². The maximum Gasteiger partial charge on any atom is 0.253 e. The van der Waals surface area contributed by atoms with E-state index in [4.69, 9.17) is 4.74 Å². The van der Waals surface area contributed by atoms with Gasteiger partial charge in [0.1, 0.15) is 5.75 Å². The van der Waals surface area contributed by atoms with Gasteiger partial charge in [-0.25, -0.2) is 0 Å². The van der Waals surface area contributed by atoms with Gasteiger partial charge in [-0.15, -0.1) is 0 Å². The molecule has 2 aromatic heterocycles. The molecule has 0 radical (unpaired) electrons. The number of ether oxygens (including phenoxy) is 1. The van der Waals surface area contributed by atoms with Crippen molar-refractivity contribution in [2.75, 3.05) is 20.2 Å². The molecule has 1 aliphatic rings. The molecular weight excluding hydrogens is 314 g/mol. The first-order chi connectivity index (χ1) is 12.2. The van der Waals surface area contributed by atoms with Crippen molar-refractivity contribution in [2.45, 2.75) is 18.8 Å². The van der Waals surface area contributed by atoms with Gasteiger partial charge in [-0.05, 0) is 49.2 Å². The predicted molar refractivity (Wildman–Crippen MR) is 97.0 cm³/mol. The number of pyridine rings is 1. The van der Waals surface area contributed by atoms with Crippen molar-refractivity contribution in [2.24, 2.45) is 0 Å². The largest absolute Gasteiger partial charge is 0.497 e. The molecule has 25 heavy (non-hydrogen) atoms. The number of methoxy groups -OCH3 is 1. The molecule has 1 saturated heterocycles. The molecule has 1 amide bonds. The number of H-pyrrole nitrogens is 1. The Morgan fingerprint density at radius 3 is 2.80 bits per heavy atom. The fourth-order valence-electron chi connectivity index (χ4n) is 3.53. The number of carbonyl (C=O) groups is 1. The number of rotatable bonds is 3. The summed E-state index contributed by atoms with van der Waals surface area (Å²) in [6.07, 6.45) is 3.74. The molecule has 0 bridgehead atoms. The summed E-state index contributed by atoms with van der Waals surface area (Å²) in [6.45, 7) is 1.53. The first-order valence-electron chi connectivity index (χ1n) is 8.61. The van der Waals surface area contributed by atoms with Crippen molar-refractivity contribution >= 4 is 16.9 Å². The van der Waals surface area contributed by atoms with Gasteiger partial charge in [-0.1, -0.05) is 6.07 Å². The van der Waals surface area contributed by atoms with E-state index in [9.17, 15) is 4.79 Å². The van der Waals surface area contributed by atoms with Crippen LogP contribution in [0.15, 0.2) is 48.7 Å². The Morgan fingerprint density at radius 1 is 1.20 bits per heavy atom. The molecule has 5 heteroatoms. The second kappa shape index (κ2) is 6.59. The second-order valence-electron chi connectivity index (χ2n) is 6.46. The number of amides is 1. The summed E-state index contributed by atoms with van der Waals surface area (Å²) in [6, 6.07) is 13.5. The Bertz CT molecular complexity index is 862. The Morgan fingerprint density at radius 2 is 2.04 bits per heavy atom. The number of nitrogens with one attached hydrogen (secondary N) is 1. The minimum Gasteiger partial charge on any atom is -0.497 e. The van der Waals surface area contributed by atoms with Crippen LogP contribution in [-0.4, -0.2) is 41.0 Å². The maximum absolute atomic E-state index is 12.7. The third kappa shape index (κ3) is 3.09. The number of nitrogens with zero attached hydrogens (tertiary/aromatic N) is 2. The molecule has 4 rings (SSSR count). The number of hydrogen-bond acceptors (Lipinski definition) is 3. The van der Waals surface area contributed by atoms with Crippen molar-refractivity contribution in [3.8, 4) is 5.75 Å². The number of aromatic nitrogens is 2. The van der Waals surface area contributed by atoms with Gasteiger partial charge in [-0.3, -0.25) is 9.78 Å². The normalized spacial score (nSPS) is 15.5. The van der Waals surface area contributed by atoms with Gasteiger partial charge in [-0.2, -0.15) is 0 Å². The average Bonchev–Trinajstić information content (AvgIpc) is 3.12. The lowest BCUT2D eigenvalue weighted by Gasteiger charge is -2.31. The zero-order valence-corrected chi connectivity index (χ0v) is 14.2. The SMILES string of the molecule is COc1cccc(C(=O)N2CCC(c3cc4ncccc4[nH]3)CC2)c1. The van der Waals surface area contributed by atoms with E-state index in [1.807, 2.05) is 41.4 Å². The minimum atomic E-state index is 0.0793. The van der Waals surface area contributed by atoms with Crippen molar-refractivity contribution in [3.05, 3.63) is 59.9 Å². The Kier molecular flexibility index (Phi) is 4.14. The molecular formula is C20H21N3O2. The third-order valence-corrected chi connectivity index (χ3v) is 4.95. The number of benzene rings is 1. The van der Waals surface area contributed by atoms with Crippen LogP contribution in [0.4, 0.5) is 0 Å². The molecule has 0 saturated carbocycles. The van der Waals surface area contributed by atoms with Crippen LogP contribution in [0, 0.1) is 0 Å². The topological polar surface area (TPSA) is 58.2 Å². The summed E-state index contributed by atoms with van der Waals surface area (Å²) in [4.78, 5) is 22.5. The van der Waals surface area contributed by atoms with Crippen LogP contribution in [0.5, 0.6) is 5.75 Å². The van der Waals surface area contributed by atoms with E-state index in [1.54, 1.807) is 13.2 Å². The van der Waals surface area contributed by atoms with Crippen LogP contribution in [-0.2, 0) is 0 Å². The fourth-order valence-corrected chi connectivity index (χ4v) is 3.53. The van der Waals surface area contributed by atoms with Gasteiger partial charge in [0.15, 0.2) is 0 Å². The first kappa shape index (κ1) is 15.7. The number of fused-ring (bicyclic) bond motifs is 1. The van der Waals surface area contributed by atoms with E-state index in [1.165, 1.54) is 5.69 Å². The van der Waals surface area contributed by atoms with E-state index < -0.39 is 0 Å². The standard InChI is InChI=1S/C20H21N3O2/c1-25-16-5-2-4-15(12-16)20(24)23-10-7-14(8-11-23)18-13-19-17(22-18)6-3-9-21-19/h2-6,9,12-14,22H,7-8,10-11H2,1H3. The summed E-state index contributed by atoms with van der Waals surface area (Å²) in [5.41, 5.74) is 3.99. The monoisotopic (exact) mass is 335 g/mol. The maximum atomic E-state index is 12.7. The molecule has 1 N–H and O–H groups in total. The van der Waals surface area contributed by atoms with Gasteiger partial charge in [0.05, 0.1) is 18.1 Å². The number of piperidine rings is 1. The van der Waals surface area contributed by atoms with Crippen LogP contribution in [0.3, 0.4) is 0 Å². The number of carbonyl (C=O) groups excluding carboxylic acids is 1. The van der Waals surface area contributed by atoms with E-state index >= 15 is 0 Å². The van der Waals surface area contributed by atoms with Crippen LogP contribution in [0.1, 0.15) is 34.8 Å². The highest BCUT2D eigenvalue weighted by molar-refractivity contribution is 5.94. The zero-order chi connectivity index (χ0) is 17.2. The summed E-state index contributed by atoms with van der Waals surface area (Å²) in [5, 5.41) is 0. The second-order valence-corrected chi connectivity index (χ2v) is 6.46. The molecule has 128 valence electrons. The van der Waals surface area contributed by atoms with Crippen molar-refractivity contribution < 1.29 is 9.53 Å². The van der Waals surface area contributed by atoms with E-state index in [0.29, 0.717) is 17.2 Å². The average molecular weight is 335 g/mol. The Hall–Kier alpha value is -2.82. The van der Waals surface area contributed by atoms with Gasteiger partial charge in [0, 0.05) is 36.5 Å². The van der Waals surface area contributed by atoms with Crippen LogP contribution in [0.25, 0.3) is 11.0 Å². The van der Waals surface area contributed by atoms with Crippen LogP contribution in [0.2, 0.25) is 0 Å². The lowest BCUT2D eigenvalue weighted by molar-refractivity contribution is 0.0712. The smallest absolute Gasteiger partial charge is 0.253 e. The van der Waals surface area contributed by atoms with Gasteiger partial charge >= 0.3 is 0 Å². The number of hydrogen-bond donors (Lipinski definition) is 1. The van der Waals surface area contributed by atoms with E-state index in [2.05, 4.69) is 16.0 Å². The summed E-state index contributed by atoms with van der Waals surface area (Å²) >= 11 is 0. The molecule has 3 aromatic rings. The minimum absolute atomic E-state index is 0.0793. The molecule has 1 aliphatic heterocycles. The molecule has 0 spiro atoms. The molecule has 0 aliphatic carbocycles. The number of likely N-dealkylation sites (tertiary alicyclic amines) is 1. The van der Waals surface area contributed by atoms with E-state index in [0.717, 1.165) is 37.0 Å². The predicted octanol–water partition coefficient (Wildman–Crippen LogP) is 3.59. The summed E-state index contributed by atoms with van der Waals surface area (Å²) < 4.78 is 5.22. The first-order valence-corrected chi connectivity index (χ1v) is 8.61. The molecule has 5 nitrogen and oxygen atoms in total. The van der Waals surface area contributed by atoms with Gasteiger partial charge < -0.3 is 14.6 Å². The molecule has 0 atom stereocenters. The quantitative estimate of drug-likeness (QED) is 0.796. The van der Waals surface area contributed by atoms with Crippen molar-refractivity contribution in [1.82, 2.24) is 14.9 Å². The summed E-state index contributed by atoms with van der Waals surface area (Å²) in [5.74, 6) is 1.24. The number of aromatic amines is 1. The third-order valence-electron chi connectivity index (χ3n) is 4.95. The molecule has 0 unspecified atom stereocenters. The van der Waals surface area contributed by atoms with Crippen molar-refractivity contribution in [3.63, 3.8) is 0 Å². The Balaban J connectivity index is 1.44. The molecule has 1 fully saturated rings. The fraction of sp³-hybridized carbons (Fsp3) is 0.300. The Labute approximate surface area is 146 Å². The van der Waals surface area contributed by atoms with Gasteiger partial charge in [0.2, 0.25) is 0 Å². The molecule has 1 aromatic carbocycles. The van der Waals surface area contributed by atoms with Gasteiger partial charge in [0.25, 0.3) is 5.91 Å².